The lowest BCUT2D eigenvalue weighted by molar-refractivity contribution is 0.0761. The molecule has 0 radical (unpaired) electrons. The molecule has 1 aromatic rings. The molecule has 0 aliphatic carbocycles. The minimum absolute atomic E-state index is 0.0260. The van der Waals surface area contributed by atoms with Crippen molar-refractivity contribution in [2.24, 2.45) is 0 Å². The van der Waals surface area contributed by atoms with E-state index in [9.17, 15) is 4.79 Å². The standard InChI is InChI=1S/C14H19NO2/c16-11-12-5-7-13(8-6-12)14(17)15-9-3-1-2-4-10-15/h5-8,16H,1-4,9-11H2. The number of nitrogens with zero attached hydrogens (tertiary/aromatic N) is 1. The maximum atomic E-state index is 12.2. The number of aliphatic hydroxyl groups excluding tert-OH is 1. The van der Waals surface area contributed by atoms with Gasteiger partial charge >= 0.3 is 0 Å². The fourth-order valence-electron chi connectivity index (χ4n) is 2.21. The number of amides is 1. The fourth-order valence-corrected chi connectivity index (χ4v) is 2.21. The zero-order chi connectivity index (χ0) is 12.1. The molecule has 1 saturated heterocycles. The first kappa shape index (κ1) is 12.1. The molecular formula is C14H19NO2. The van der Waals surface area contributed by atoms with Gasteiger partial charge in [0, 0.05) is 18.7 Å². The van der Waals surface area contributed by atoms with Crippen molar-refractivity contribution < 1.29 is 9.90 Å². The topological polar surface area (TPSA) is 40.5 Å². The number of hydrogen-bond donors (Lipinski definition) is 1. The Bertz CT molecular complexity index is 364. The third-order valence-corrected chi connectivity index (χ3v) is 3.28. The number of aliphatic hydroxyl groups is 1. The van der Waals surface area contributed by atoms with Gasteiger partial charge in [-0.05, 0) is 30.5 Å². The molecule has 0 bridgehead atoms. The van der Waals surface area contributed by atoms with Crippen LogP contribution in [0.1, 0.15) is 41.6 Å². The number of hydrogen-bond acceptors (Lipinski definition) is 2. The molecule has 1 fully saturated rings. The summed E-state index contributed by atoms with van der Waals surface area (Å²) in [6.07, 6.45) is 4.68. The van der Waals surface area contributed by atoms with E-state index >= 15 is 0 Å². The van der Waals surface area contributed by atoms with Gasteiger partial charge in [-0.2, -0.15) is 0 Å². The zero-order valence-corrected chi connectivity index (χ0v) is 10.1. The number of carbonyl (C=O) groups excluding carboxylic acids is 1. The van der Waals surface area contributed by atoms with Crippen LogP contribution in [0.4, 0.5) is 0 Å². The van der Waals surface area contributed by atoms with Crippen molar-refractivity contribution in [1.29, 1.82) is 0 Å². The third kappa shape index (κ3) is 3.07. The maximum Gasteiger partial charge on any atom is 0.253 e. The molecule has 3 nitrogen and oxygen atoms in total. The first-order valence-electron chi connectivity index (χ1n) is 6.30. The van der Waals surface area contributed by atoms with Gasteiger partial charge in [0.2, 0.25) is 0 Å². The van der Waals surface area contributed by atoms with Crippen molar-refractivity contribution in [3.8, 4) is 0 Å². The van der Waals surface area contributed by atoms with Gasteiger partial charge < -0.3 is 10.0 Å². The van der Waals surface area contributed by atoms with Gasteiger partial charge in [-0.3, -0.25) is 4.79 Å². The van der Waals surface area contributed by atoms with Crippen LogP contribution in [-0.4, -0.2) is 29.0 Å². The van der Waals surface area contributed by atoms with E-state index in [0.717, 1.165) is 37.1 Å². The number of likely N-dealkylation sites (tertiary alicyclic amines) is 1. The third-order valence-electron chi connectivity index (χ3n) is 3.28. The first-order chi connectivity index (χ1) is 8.31. The molecule has 92 valence electrons. The number of carbonyl (C=O) groups is 1. The molecule has 1 heterocycles. The molecule has 3 heteroatoms. The minimum Gasteiger partial charge on any atom is -0.392 e. The first-order valence-corrected chi connectivity index (χ1v) is 6.30. The molecule has 1 aliphatic heterocycles. The highest BCUT2D eigenvalue weighted by molar-refractivity contribution is 5.94. The molecule has 0 atom stereocenters. The second-order valence-corrected chi connectivity index (χ2v) is 4.56. The van der Waals surface area contributed by atoms with Gasteiger partial charge in [-0.15, -0.1) is 0 Å². The van der Waals surface area contributed by atoms with Gasteiger partial charge in [0.1, 0.15) is 0 Å². The van der Waals surface area contributed by atoms with Crippen molar-refractivity contribution in [2.75, 3.05) is 13.1 Å². The Kier molecular flexibility index (Phi) is 4.15. The van der Waals surface area contributed by atoms with Gasteiger partial charge in [0.05, 0.1) is 6.61 Å². The summed E-state index contributed by atoms with van der Waals surface area (Å²) in [5, 5.41) is 8.96. The highest BCUT2D eigenvalue weighted by Crippen LogP contribution is 2.14. The molecule has 1 amide bonds. The quantitative estimate of drug-likeness (QED) is 0.850. The fraction of sp³-hybridized carbons (Fsp3) is 0.500. The van der Waals surface area contributed by atoms with E-state index in [1.165, 1.54) is 12.8 Å². The second kappa shape index (κ2) is 5.82. The normalized spacial score (nSPS) is 16.6. The summed E-state index contributed by atoms with van der Waals surface area (Å²) in [6, 6.07) is 7.23. The predicted molar refractivity (Wildman–Crippen MR) is 66.7 cm³/mol. The van der Waals surface area contributed by atoms with Gasteiger partial charge in [-0.25, -0.2) is 0 Å². The smallest absolute Gasteiger partial charge is 0.253 e. The van der Waals surface area contributed by atoms with Crippen molar-refractivity contribution >= 4 is 5.91 Å². The average Bonchev–Trinajstić information content (AvgIpc) is 2.67. The van der Waals surface area contributed by atoms with Crippen molar-refractivity contribution in [3.05, 3.63) is 35.4 Å². The zero-order valence-electron chi connectivity index (χ0n) is 10.1. The van der Waals surface area contributed by atoms with Gasteiger partial charge in [0.15, 0.2) is 0 Å². The SMILES string of the molecule is O=C(c1ccc(CO)cc1)N1CCCCCC1. The van der Waals surface area contributed by atoms with Crippen LogP contribution < -0.4 is 0 Å². The monoisotopic (exact) mass is 233 g/mol. The summed E-state index contributed by atoms with van der Waals surface area (Å²) in [5.74, 6) is 0.122. The van der Waals surface area contributed by atoms with Gasteiger partial charge in [0.25, 0.3) is 5.91 Å². The average molecular weight is 233 g/mol. The number of benzene rings is 1. The summed E-state index contributed by atoms with van der Waals surface area (Å²) in [7, 11) is 0. The van der Waals surface area contributed by atoms with E-state index in [1.54, 1.807) is 12.1 Å². The Labute approximate surface area is 102 Å². The van der Waals surface area contributed by atoms with Crippen LogP contribution in [0.2, 0.25) is 0 Å². The van der Waals surface area contributed by atoms with Crippen molar-refractivity contribution in [1.82, 2.24) is 4.90 Å². The second-order valence-electron chi connectivity index (χ2n) is 4.56. The molecule has 1 aromatic carbocycles. The van der Waals surface area contributed by atoms with Gasteiger partial charge in [-0.1, -0.05) is 25.0 Å². The van der Waals surface area contributed by atoms with Crippen LogP contribution in [0.3, 0.4) is 0 Å². The molecule has 1 aliphatic rings. The van der Waals surface area contributed by atoms with E-state index in [0.29, 0.717) is 0 Å². The summed E-state index contributed by atoms with van der Waals surface area (Å²) in [5.41, 5.74) is 1.57. The van der Waals surface area contributed by atoms with Crippen molar-refractivity contribution in [3.63, 3.8) is 0 Å². The van der Waals surface area contributed by atoms with E-state index in [1.807, 2.05) is 17.0 Å². The molecule has 0 aromatic heterocycles. The Hall–Kier alpha value is -1.35. The van der Waals surface area contributed by atoms with E-state index < -0.39 is 0 Å². The van der Waals surface area contributed by atoms with E-state index in [-0.39, 0.29) is 12.5 Å². The minimum atomic E-state index is 0.0260. The lowest BCUT2D eigenvalue weighted by Crippen LogP contribution is -2.31. The van der Waals surface area contributed by atoms with Crippen LogP contribution in [0.15, 0.2) is 24.3 Å². The van der Waals surface area contributed by atoms with Crippen LogP contribution in [0.5, 0.6) is 0 Å². The van der Waals surface area contributed by atoms with E-state index in [4.69, 9.17) is 5.11 Å². The molecule has 1 N–H and O–H groups in total. The van der Waals surface area contributed by atoms with E-state index in [2.05, 4.69) is 0 Å². The van der Waals surface area contributed by atoms with Crippen LogP contribution in [0, 0.1) is 0 Å². The van der Waals surface area contributed by atoms with Crippen LogP contribution in [-0.2, 0) is 6.61 Å². The summed E-state index contributed by atoms with van der Waals surface area (Å²) in [6.45, 7) is 1.78. The Balaban J connectivity index is 2.06. The Morgan fingerprint density at radius 1 is 1.06 bits per heavy atom. The largest absolute Gasteiger partial charge is 0.392 e. The molecule has 0 unspecified atom stereocenters. The van der Waals surface area contributed by atoms with Crippen LogP contribution in [0.25, 0.3) is 0 Å². The highest BCUT2D eigenvalue weighted by atomic mass is 16.3. The van der Waals surface area contributed by atoms with Crippen molar-refractivity contribution in [2.45, 2.75) is 32.3 Å². The highest BCUT2D eigenvalue weighted by Gasteiger charge is 2.16. The number of rotatable bonds is 2. The molecule has 2 rings (SSSR count). The van der Waals surface area contributed by atoms with Crippen LogP contribution >= 0.6 is 0 Å². The Morgan fingerprint density at radius 3 is 2.18 bits per heavy atom. The summed E-state index contributed by atoms with van der Waals surface area (Å²) in [4.78, 5) is 14.2. The molecule has 17 heavy (non-hydrogen) atoms. The lowest BCUT2D eigenvalue weighted by Gasteiger charge is -2.20. The molecular weight excluding hydrogens is 214 g/mol. The Morgan fingerprint density at radius 2 is 1.65 bits per heavy atom. The summed E-state index contributed by atoms with van der Waals surface area (Å²) < 4.78 is 0. The lowest BCUT2D eigenvalue weighted by atomic mass is 10.1. The summed E-state index contributed by atoms with van der Waals surface area (Å²) >= 11 is 0. The predicted octanol–water partition coefficient (Wildman–Crippen LogP) is 2.20. The molecule has 0 saturated carbocycles. The molecule has 0 spiro atoms. The maximum absolute atomic E-state index is 12.2.